The zero-order valence-electron chi connectivity index (χ0n) is 39.5. The van der Waals surface area contributed by atoms with Crippen molar-refractivity contribution in [3.63, 3.8) is 0 Å². The number of hydrogen-bond acceptors (Lipinski definition) is 6. The van der Waals surface area contributed by atoms with Crippen LogP contribution in [0.1, 0.15) is 237 Å². The van der Waals surface area contributed by atoms with E-state index in [9.17, 15) is 30.6 Å². The first kappa shape index (κ1) is 70.0. The minimum absolute atomic E-state index is 0. The summed E-state index contributed by atoms with van der Waals surface area (Å²) in [5.74, 6) is 2.69. The van der Waals surface area contributed by atoms with Crippen molar-refractivity contribution in [2.75, 3.05) is 39.6 Å². The van der Waals surface area contributed by atoms with E-state index in [4.69, 9.17) is 0 Å². The fourth-order valence-corrected chi connectivity index (χ4v) is 5.39. The zero-order chi connectivity index (χ0) is 42.7. The van der Waals surface area contributed by atoms with Crippen LogP contribution in [0.25, 0.3) is 0 Å². The molecule has 0 spiro atoms. The van der Waals surface area contributed by atoms with Crippen molar-refractivity contribution in [3.8, 4) is 0 Å². The van der Waals surface area contributed by atoms with Gasteiger partial charge in [-0.3, -0.25) is 0 Å². The van der Waals surface area contributed by atoms with Crippen LogP contribution in [-0.4, -0.2) is 39.6 Å². The molecule has 0 aromatic rings. The molecule has 0 saturated carbocycles. The van der Waals surface area contributed by atoms with Crippen LogP contribution in [0.2, 0.25) is 0 Å². The Kier molecular flexibility index (Phi) is 84.4. The molecule has 0 aliphatic heterocycles. The largest absolute Gasteiger partial charge is 0.854 e. The summed E-state index contributed by atoms with van der Waals surface area (Å²) in [4.78, 5) is 0. The van der Waals surface area contributed by atoms with Crippen LogP contribution < -0.4 is 30.6 Å². The van der Waals surface area contributed by atoms with E-state index >= 15 is 0 Å². The Morgan fingerprint density at radius 2 is 0.345 bits per heavy atom. The second-order valence-electron chi connectivity index (χ2n) is 15.5. The summed E-state index contributed by atoms with van der Waals surface area (Å²) in [7, 11) is 0. The van der Waals surface area contributed by atoms with Crippen molar-refractivity contribution >= 4 is 0 Å². The van der Waals surface area contributed by atoms with Gasteiger partial charge in [0.1, 0.15) is 0 Å². The molecule has 0 aromatic carbocycles. The van der Waals surface area contributed by atoms with Crippen LogP contribution in [0.5, 0.6) is 0 Å². The van der Waals surface area contributed by atoms with Crippen molar-refractivity contribution < 1.29 is 51.7 Å². The van der Waals surface area contributed by atoms with Gasteiger partial charge in [0.2, 0.25) is 0 Å². The topological polar surface area (TPSA) is 138 Å². The third-order valence-corrected chi connectivity index (χ3v) is 10.7. The Balaban J connectivity index is -0.000000100. The molecule has 0 bridgehead atoms. The summed E-state index contributed by atoms with van der Waals surface area (Å²) in [5.41, 5.74) is 0. The number of unbranched alkanes of at least 4 members (excludes halogenated alkanes) is 6. The summed E-state index contributed by atoms with van der Waals surface area (Å²) in [6, 6.07) is 0. The molecule has 0 fully saturated rings. The first-order chi connectivity index (χ1) is 26.1. The molecule has 0 N–H and O–H groups in total. The third-order valence-electron chi connectivity index (χ3n) is 10.7. The van der Waals surface area contributed by atoms with Gasteiger partial charge in [-0.05, 0) is 0 Å². The van der Waals surface area contributed by atoms with Gasteiger partial charge in [-0.15, -0.1) is 39.6 Å². The van der Waals surface area contributed by atoms with Gasteiger partial charge in [0.15, 0.2) is 0 Å². The summed E-state index contributed by atoms with van der Waals surface area (Å²) >= 11 is 0. The van der Waals surface area contributed by atoms with E-state index in [-0.39, 0.29) is 60.7 Å². The van der Waals surface area contributed by atoms with Crippen LogP contribution >= 0.6 is 0 Å². The Bertz CT molecular complexity index is 422. The van der Waals surface area contributed by atoms with Gasteiger partial charge in [0.25, 0.3) is 0 Å². The normalized spacial score (nSPS) is 13.4. The minimum atomic E-state index is 0. The minimum Gasteiger partial charge on any atom is -0.854 e. The Morgan fingerprint density at radius 3 is 0.400 bits per heavy atom. The van der Waals surface area contributed by atoms with E-state index in [0.717, 1.165) is 77.0 Å². The molecule has 0 aliphatic carbocycles. The Morgan fingerprint density at radius 1 is 0.236 bits per heavy atom. The van der Waals surface area contributed by atoms with E-state index in [1.807, 2.05) is 0 Å². The standard InChI is InChI=1S/6C8H17O.Mo/c6*1-3-5-6-8(4-2)7-9;/h6*8H,3-7H2,1-2H3;/q6*-1;. The molecule has 0 amide bonds. The van der Waals surface area contributed by atoms with Crippen LogP contribution in [0.15, 0.2) is 0 Å². The quantitative estimate of drug-likeness (QED) is 0.0660. The zero-order valence-corrected chi connectivity index (χ0v) is 41.5. The van der Waals surface area contributed by atoms with Gasteiger partial charge in [-0.2, -0.15) is 0 Å². The molecule has 0 rings (SSSR count). The molecule has 0 radical (unpaired) electrons. The monoisotopic (exact) mass is 873 g/mol. The molecule has 0 aliphatic rings. The first-order valence-corrected chi connectivity index (χ1v) is 23.6. The molecule has 55 heavy (non-hydrogen) atoms. The van der Waals surface area contributed by atoms with Crippen molar-refractivity contribution in [1.82, 2.24) is 0 Å². The van der Waals surface area contributed by atoms with E-state index in [1.54, 1.807) is 0 Å². The molecule has 0 heterocycles. The summed E-state index contributed by atoms with van der Waals surface area (Å²) in [6.07, 6.45) is 27.8. The average molecular weight is 871 g/mol. The molecule has 6 atom stereocenters. The summed E-state index contributed by atoms with van der Waals surface area (Å²) in [5, 5.41) is 62.2. The average Bonchev–Trinajstić information content (AvgIpc) is 3.21. The number of hydrogen-bond donors (Lipinski definition) is 0. The first-order valence-electron chi connectivity index (χ1n) is 23.6. The van der Waals surface area contributed by atoms with Crippen molar-refractivity contribution in [3.05, 3.63) is 0 Å². The van der Waals surface area contributed by atoms with Crippen molar-refractivity contribution in [1.29, 1.82) is 0 Å². The molecule has 342 valence electrons. The molecule has 0 saturated heterocycles. The van der Waals surface area contributed by atoms with E-state index in [2.05, 4.69) is 83.1 Å². The van der Waals surface area contributed by atoms with Crippen LogP contribution in [-0.2, 0) is 21.1 Å². The van der Waals surface area contributed by atoms with Crippen LogP contribution in [0, 0.1) is 35.5 Å². The molecule has 6 unspecified atom stereocenters. The SMILES string of the molecule is CCCCC(CC)C[O-].CCCCC(CC)C[O-].CCCCC(CC)C[O-].CCCCC(CC)C[O-].CCCCC(CC)C[O-].CCCCC(CC)C[O-].[Mo]. The van der Waals surface area contributed by atoms with Gasteiger partial charge in [-0.1, -0.05) is 273 Å². The van der Waals surface area contributed by atoms with E-state index < -0.39 is 0 Å². The second kappa shape index (κ2) is 66.3. The van der Waals surface area contributed by atoms with Gasteiger partial charge in [0.05, 0.1) is 0 Å². The smallest absolute Gasteiger partial charge is 0 e. The van der Waals surface area contributed by atoms with Crippen LogP contribution in [0.4, 0.5) is 0 Å². The molecular formula is C48H102MoO6-6. The number of rotatable bonds is 30. The summed E-state index contributed by atoms with van der Waals surface area (Å²) in [6.45, 7) is 26.3. The molecule has 7 heteroatoms. The molecule has 6 nitrogen and oxygen atoms in total. The van der Waals surface area contributed by atoms with Crippen LogP contribution in [0.3, 0.4) is 0 Å². The fraction of sp³-hybridized carbons (Fsp3) is 1.00. The van der Waals surface area contributed by atoms with E-state index in [1.165, 1.54) is 77.0 Å². The van der Waals surface area contributed by atoms with Gasteiger partial charge < -0.3 is 30.6 Å². The second-order valence-corrected chi connectivity index (χ2v) is 15.5. The Labute approximate surface area is 362 Å². The predicted octanol–water partition coefficient (Wildman–Crippen LogP) is 9.38. The predicted molar refractivity (Wildman–Crippen MR) is 229 cm³/mol. The Hall–Kier alpha value is 0.448. The van der Waals surface area contributed by atoms with E-state index in [0.29, 0.717) is 35.5 Å². The maximum Gasteiger partial charge on any atom is 0 e. The molecular weight excluding hydrogens is 768 g/mol. The third kappa shape index (κ3) is 63.8. The van der Waals surface area contributed by atoms with Crippen molar-refractivity contribution in [2.45, 2.75) is 237 Å². The maximum atomic E-state index is 10.4. The van der Waals surface area contributed by atoms with Gasteiger partial charge in [-0.25, -0.2) is 0 Å². The van der Waals surface area contributed by atoms with Gasteiger partial charge >= 0.3 is 0 Å². The summed E-state index contributed by atoms with van der Waals surface area (Å²) < 4.78 is 0. The van der Waals surface area contributed by atoms with Gasteiger partial charge in [0, 0.05) is 21.1 Å². The fourth-order valence-electron chi connectivity index (χ4n) is 5.39. The molecule has 0 aromatic heterocycles. The maximum absolute atomic E-state index is 10.4. The van der Waals surface area contributed by atoms with Crippen molar-refractivity contribution in [2.24, 2.45) is 35.5 Å².